The average Bonchev–Trinajstić information content (AvgIpc) is 2.53. The van der Waals surface area contributed by atoms with E-state index in [1.807, 2.05) is 4.90 Å². The van der Waals surface area contributed by atoms with Crippen molar-refractivity contribution in [1.29, 1.82) is 0 Å². The summed E-state index contributed by atoms with van der Waals surface area (Å²) in [4.78, 5) is 14.8. The van der Waals surface area contributed by atoms with E-state index >= 15 is 0 Å². The molecule has 1 amide bonds. The Morgan fingerprint density at radius 3 is 2.43 bits per heavy atom. The van der Waals surface area contributed by atoms with E-state index in [0.717, 1.165) is 12.8 Å². The maximum atomic E-state index is 12.7. The van der Waals surface area contributed by atoms with Crippen LogP contribution in [0.1, 0.15) is 44.0 Å². The zero-order chi connectivity index (χ0) is 17.2. The first-order chi connectivity index (χ1) is 10.8. The molecule has 2 rings (SSSR count). The van der Waals surface area contributed by atoms with Crippen molar-refractivity contribution in [3.8, 4) is 0 Å². The Morgan fingerprint density at radius 1 is 1.30 bits per heavy atom. The van der Waals surface area contributed by atoms with Gasteiger partial charge in [0.2, 0.25) is 0 Å². The summed E-state index contributed by atoms with van der Waals surface area (Å²) in [6.45, 7) is 6.57. The molecule has 1 heterocycles. The molecule has 0 spiro atoms. The van der Waals surface area contributed by atoms with Crippen LogP contribution in [-0.2, 0) is 9.84 Å². The number of hydrogen-bond acceptors (Lipinski definition) is 4. The molecule has 1 aliphatic heterocycles. The van der Waals surface area contributed by atoms with E-state index in [-0.39, 0.29) is 16.8 Å². The van der Waals surface area contributed by atoms with Gasteiger partial charge in [-0.15, -0.1) is 0 Å². The highest BCUT2D eigenvalue weighted by molar-refractivity contribution is 7.92. The Morgan fingerprint density at radius 2 is 1.91 bits per heavy atom. The molecule has 0 aromatic heterocycles. The normalized spacial score (nSPS) is 22.4. The van der Waals surface area contributed by atoms with Gasteiger partial charge in [-0.25, -0.2) is 8.42 Å². The van der Waals surface area contributed by atoms with Gasteiger partial charge in [0.1, 0.15) is 0 Å². The molecule has 23 heavy (non-hydrogen) atoms. The van der Waals surface area contributed by atoms with Gasteiger partial charge in [0.25, 0.3) is 5.91 Å². The van der Waals surface area contributed by atoms with Crippen LogP contribution in [0.3, 0.4) is 0 Å². The van der Waals surface area contributed by atoms with Crippen LogP contribution >= 0.6 is 0 Å². The average molecular weight is 338 g/mol. The van der Waals surface area contributed by atoms with Gasteiger partial charge in [-0.1, -0.05) is 6.92 Å². The summed E-state index contributed by atoms with van der Waals surface area (Å²) in [6.07, 6.45) is 2.06. The molecular formula is C17H26N2O3S. The van der Waals surface area contributed by atoms with E-state index in [4.69, 9.17) is 5.73 Å². The summed E-state index contributed by atoms with van der Waals surface area (Å²) in [5, 5.41) is -0.478. The minimum absolute atomic E-state index is 0.0512. The van der Waals surface area contributed by atoms with E-state index in [1.165, 1.54) is 12.1 Å². The third-order valence-corrected chi connectivity index (χ3v) is 6.84. The lowest BCUT2D eigenvalue weighted by molar-refractivity contribution is 0.0532. The molecule has 0 saturated carbocycles. The van der Waals surface area contributed by atoms with Crippen molar-refractivity contribution in [2.75, 3.05) is 13.1 Å². The zero-order valence-electron chi connectivity index (χ0n) is 14.0. The number of benzene rings is 1. The summed E-state index contributed by atoms with van der Waals surface area (Å²) in [7, 11) is -3.31. The quantitative estimate of drug-likeness (QED) is 0.911. The third-order valence-electron chi connectivity index (χ3n) is 4.67. The minimum Gasteiger partial charge on any atom is -0.334 e. The number of rotatable bonds is 4. The van der Waals surface area contributed by atoms with Crippen LogP contribution in [0.5, 0.6) is 0 Å². The molecule has 2 atom stereocenters. The molecule has 2 N–H and O–H groups in total. The maximum absolute atomic E-state index is 12.7. The fourth-order valence-corrected chi connectivity index (χ4v) is 4.15. The molecule has 0 radical (unpaired) electrons. The van der Waals surface area contributed by atoms with E-state index < -0.39 is 15.1 Å². The summed E-state index contributed by atoms with van der Waals surface area (Å²) < 4.78 is 24.3. The summed E-state index contributed by atoms with van der Waals surface area (Å²) in [5.74, 6) is 0.318. The first-order valence-corrected chi connectivity index (χ1v) is 9.68. The lowest BCUT2D eigenvalue weighted by Crippen LogP contribution is -2.51. The van der Waals surface area contributed by atoms with Gasteiger partial charge in [-0.05, 0) is 56.9 Å². The number of nitrogens with zero attached hydrogens (tertiary/aromatic N) is 1. The van der Waals surface area contributed by atoms with Gasteiger partial charge >= 0.3 is 0 Å². The van der Waals surface area contributed by atoms with E-state index in [9.17, 15) is 13.2 Å². The van der Waals surface area contributed by atoms with Crippen molar-refractivity contribution in [2.45, 2.75) is 49.8 Å². The van der Waals surface area contributed by atoms with Crippen molar-refractivity contribution in [2.24, 2.45) is 11.7 Å². The number of sulfone groups is 1. The molecule has 6 heteroatoms. The highest BCUT2D eigenvalue weighted by Crippen LogP contribution is 2.25. The summed E-state index contributed by atoms with van der Waals surface area (Å²) in [5.41, 5.74) is 6.36. The molecule has 1 fully saturated rings. The van der Waals surface area contributed by atoms with Gasteiger partial charge in [0.05, 0.1) is 10.1 Å². The summed E-state index contributed by atoms with van der Waals surface area (Å²) >= 11 is 0. The van der Waals surface area contributed by atoms with Crippen molar-refractivity contribution in [3.05, 3.63) is 29.8 Å². The zero-order valence-corrected chi connectivity index (χ0v) is 14.8. The third kappa shape index (κ3) is 3.58. The second-order valence-electron chi connectivity index (χ2n) is 6.54. The smallest absolute Gasteiger partial charge is 0.254 e. The fourth-order valence-electron chi connectivity index (χ4n) is 3.09. The number of carbonyl (C=O) groups is 1. The predicted molar refractivity (Wildman–Crippen MR) is 91.0 cm³/mol. The standard InChI is InChI=1S/C17H26N2O3S/c1-12(2)23(21,22)15-8-6-14(7-9-15)17(20)19-10-4-5-13(3)16(19)11-18/h6-9,12-13,16H,4-5,10-11,18H2,1-3H3/t13-,16-/m0/s1. The van der Waals surface area contributed by atoms with Gasteiger partial charge in [0, 0.05) is 24.7 Å². The maximum Gasteiger partial charge on any atom is 0.254 e. The predicted octanol–water partition coefficient (Wildman–Crippen LogP) is 2.07. The minimum atomic E-state index is -3.31. The number of nitrogens with two attached hydrogens (primary N) is 1. The molecule has 0 unspecified atom stereocenters. The van der Waals surface area contributed by atoms with Crippen molar-refractivity contribution < 1.29 is 13.2 Å². The largest absolute Gasteiger partial charge is 0.334 e. The Balaban J connectivity index is 2.24. The Bertz CT molecular complexity index is 653. The van der Waals surface area contributed by atoms with Crippen LogP contribution in [0.4, 0.5) is 0 Å². The van der Waals surface area contributed by atoms with Gasteiger partial charge in [-0.2, -0.15) is 0 Å². The molecule has 128 valence electrons. The first kappa shape index (κ1) is 17.9. The molecule has 0 bridgehead atoms. The lowest BCUT2D eigenvalue weighted by atomic mass is 9.90. The monoisotopic (exact) mass is 338 g/mol. The lowest BCUT2D eigenvalue weighted by Gasteiger charge is -2.39. The second kappa shape index (κ2) is 7.01. The van der Waals surface area contributed by atoms with Crippen LogP contribution in [0.25, 0.3) is 0 Å². The first-order valence-electron chi connectivity index (χ1n) is 8.14. The molecule has 0 aliphatic carbocycles. The fraction of sp³-hybridized carbons (Fsp3) is 0.588. The van der Waals surface area contributed by atoms with Crippen LogP contribution in [-0.4, -0.2) is 43.6 Å². The van der Waals surface area contributed by atoms with Gasteiger partial charge in [-0.3, -0.25) is 4.79 Å². The molecule has 5 nitrogen and oxygen atoms in total. The number of carbonyl (C=O) groups excluding carboxylic acids is 1. The molecular weight excluding hydrogens is 312 g/mol. The summed E-state index contributed by atoms with van der Waals surface area (Å²) in [6, 6.07) is 6.30. The topological polar surface area (TPSA) is 80.5 Å². The van der Waals surface area contributed by atoms with Crippen molar-refractivity contribution in [3.63, 3.8) is 0 Å². The molecule has 1 saturated heterocycles. The number of amides is 1. The van der Waals surface area contributed by atoms with Crippen LogP contribution in [0.15, 0.2) is 29.2 Å². The molecule has 1 aromatic rings. The highest BCUT2D eigenvalue weighted by atomic mass is 32.2. The van der Waals surface area contributed by atoms with E-state index in [2.05, 4.69) is 6.92 Å². The van der Waals surface area contributed by atoms with E-state index in [1.54, 1.807) is 26.0 Å². The van der Waals surface area contributed by atoms with E-state index in [0.29, 0.717) is 24.6 Å². The molecule has 1 aromatic carbocycles. The van der Waals surface area contributed by atoms with Crippen LogP contribution < -0.4 is 5.73 Å². The van der Waals surface area contributed by atoms with Gasteiger partial charge < -0.3 is 10.6 Å². The highest BCUT2D eigenvalue weighted by Gasteiger charge is 2.31. The Hall–Kier alpha value is -1.40. The second-order valence-corrected chi connectivity index (χ2v) is 9.04. The SMILES string of the molecule is CC(C)S(=O)(=O)c1ccc(C(=O)N2CCC[C@H](C)[C@@H]2CN)cc1. The number of hydrogen-bond donors (Lipinski definition) is 1. The van der Waals surface area contributed by atoms with Crippen molar-refractivity contribution >= 4 is 15.7 Å². The number of likely N-dealkylation sites (tertiary alicyclic amines) is 1. The Kier molecular flexibility index (Phi) is 5.47. The Labute approximate surface area is 138 Å². The number of piperidine rings is 1. The van der Waals surface area contributed by atoms with Crippen LogP contribution in [0, 0.1) is 5.92 Å². The molecule has 1 aliphatic rings. The van der Waals surface area contributed by atoms with Crippen LogP contribution in [0.2, 0.25) is 0 Å². The van der Waals surface area contributed by atoms with Gasteiger partial charge in [0.15, 0.2) is 9.84 Å². The van der Waals surface area contributed by atoms with Crippen molar-refractivity contribution in [1.82, 2.24) is 4.90 Å².